The fourth-order valence-electron chi connectivity index (χ4n) is 1.25. The number of aryl methyl sites for hydroxylation is 1. The Morgan fingerprint density at radius 2 is 2.31 bits per heavy atom. The van der Waals surface area contributed by atoms with Crippen molar-refractivity contribution in [3.8, 4) is 6.07 Å². The summed E-state index contributed by atoms with van der Waals surface area (Å²) in [5.41, 5.74) is -1.10. The Hall–Kier alpha value is -2.10. The molecule has 1 heterocycles. The first-order valence-electron chi connectivity index (χ1n) is 4.27. The van der Waals surface area contributed by atoms with Gasteiger partial charge in [-0.15, -0.1) is 0 Å². The molecule has 0 spiro atoms. The third-order valence-corrected chi connectivity index (χ3v) is 1.98. The van der Waals surface area contributed by atoms with Gasteiger partial charge in [0.25, 0.3) is 12.1 Å². The minimum atomic E-state index is -2.88. The number of hydrogen-bond donors (Lipinski definition) is 0. The van der Waals surface area contributed by atoms with Crippen LogP contribution in [0.25, 0.3) is 0 Å². The van der Waals surface area contributed by atoms with Gasteiger partial charge in [0.15, 0.2) is 0 Å². The van der Waals surface area contributed by atoms with Crippen LogP contribution < -0.4 is 0 Å². The summed E-state index contributed by atoms with van der Waals surface area (Å²) in [6.45, 7) is 1.34. The second kappa shape index (κ2) is 4.61. The molecular weight excluding hydrogens is 220 g/mol. The Morgan fingerprint density at radius 1 is 1.69 bits per heavy atom. The fourth-order valence-corrected chi connectivity index (χ4v) is 1.25. The number of aromatic nitrogens is 1. The molecule has 16 heavy (non-hydrogen) atoms. The van der Waals surface area contributed by atoms with Gasteiger partial charge >= 0.3 is 0 Å². The number of nitriles is 1. The maximum atomic E-state index is 12.6. The number of nitro groups is 1. The average Bonchev–Trinajstić information content (AvgIpc) is 2.17. The number of halogens is 2. The molecule has 0 N–H and O–H groups in total. The van der Waals surface area contributed by atoms with E-state index in [0.717, 1.165) is 6.07 Å². The molecule has 0 amide bonds. The number of alkyl halides is 2. The standard InChI is InChI=1S/C9H7F2N3O2/c1-5-8(14(15)16)4-6(9(10)11)7(13-5)2-3-12/h4,9H,2H2,1H3. The van der Waals surface area contributed by atoms with Crippen LogP contribution >= 0.6 is 0 Å². The van der Waals surface area contributed by atoms with Gasteiger partial charge in [0, 0.05) is 11.6 Å². The van der Waals surface area contributed by atoms with Crippen LogP contribution in [0, 0.1) is 28.4 Å². The molecule has 84 valence electrons. The lowest BCUT2D eigenvalue weighted by molar-refractivity contribution is -0.385. The summed E-state index contributed by atoms with van der Waals surface area (Å²) in [6.07, 6.45) is -3.17. The predicted molar refractivity (Wildman–Crippen MR) is 49.9 cm³/mol. The number of nitrogens with zero attached hydrogens (tertiary/aromatic N) is 3. The molecule has 7 heteroatoms. The van der Waals surface area contributed by atoms with E-state index in [1.807, 2.05) is 0 Å². The van der Waals surface area contributed by atoms with Crippen LogP contribution in [-0.4, -0.2) is 9.91 Å². The quantitative estimate of drug-likeness (QED) is 0.586. The summed E-state index contributed by atoms with van der Waals surface area (Å²) >= 11 is 0. The molecule has 0 unspecified atom stereocenters. The van der Waals surface area contributed by atoms with Gasteiger partial charge in [-0.2, -0.15) is 5.26 Å². The summed E-state index contributed by atoms with van der Waals surface area (Å²) in [7, 11) is 0. The van der Waals surface area contributed by atoms with Crippen molar-refractivity contribution in [2.24, 2.45) is 0 Å². The van der Waals surface area contributed by atoms with Crippen molar-refractivity contribution in [1.82, 2.24) is 4.98 Å². The highest BCUT2D eigenvalue weighted by Crippen LogP contribution is 2.27. The number of pyridine rings is 1. The summed E-state index contributed by atoms with van der Waals surface area (Å²) in [5.74, 6) is 0. The highest BCUT2D eigenvalue weighted by molar-refractivity contribution is 5.41. The maximum Gasteiger partial charge on any atom is 0.290 e. The van der Waals surface area contributed by atoms with Gasteiger partial charge in [-0.3, -0.25) is 10.1 Å². The van der Waals surface area contributed by atoms with Gasteiger partial charge in [0.05, 0.1) is 23.1 Å². The lowest BCUT2D eigenvalue weighted by Gasteiger charge is -2.06. The molecule has 0 bridgehead atoms. The lowest BCUT2D eigenvalue weighted by atomic mass is 10.1. The van der Waals surface area contributed by atoms with Crippen molar-refractivity contribution in [2.75, 3.05) is 0 Å². The summed E-state index contributed by atoms with van der Waals surface area (Å²) in [4.78, 5) is 13.4. The highest BCUT2D eigenvalue weighted by Gasteiger charge is 2.21. The maximum absolute atomic E-state index is 12.6. The van der Waals surface area contributed by atoms with Gasteiger partial charge in [0.1, 0.15) is 5.69 Å². The first kappa shape index (κ1) is 12.0. The zero-order chi connectivity index (χ0) is 12.3. The molecule has 1 aromatic rings. The minimum absolute atomic E-state index is 0.0275. The number of rotatable bonds is 3. The molecule has 0 fully saturated rings. The smallest absolute Gasteiger partial charge is 0.258 e. The van der Waals surface area contributed by atoms with Crippen LogP contribution in [0.15, 0.2) is 6.07 Å². The largest absolute Gasteiger partial charge is 0.290 e. The van der Waals surface area contributed by atoms with Crippen molar-refractivity contribution < 1.29 is 13.7 Å². The fraction of sp³-hybridized carbons (Fsp3) is 0.333. The van der Waals surface area contributed by atoms with Gasteiger partial charge in [-0.05, 0) is 6.92 Å². The molecule has 1 aromatic heterocycles. The molecule has 1 rings (SSSR count). The molecule has 0 aliphatic heterocycles. The first-order chi connectivity index (χ1) is 7.47. The van der Waals surface area contributed by atoms with Crippen LogP contribution in [0.5, 0.6) is 0 Å². The zero-order valence-electron chi connectivity index (χ0n) is 8.28. The molecule has 0 aliphatic carbocycles. The topological polar surface area (TPSA) is 79.8 Å². The summed E-state index contributed by atoms with van der Waals surface area (Å²) in [6, 6.07) is 2.47. The Balaban J connectivity index is 3.38. The Labute approximate surface area is 89.5 Å². The monoisotopic (exact) mass is 227 g/mol. The third kappa shape index (κ3) is 2.28. The molecule has 0 radical (unpaired) electrons. The van der Waals surface area contributed by atoms with E-state index in [4.69, 9.17) is 5.26 Å². The van der Waals surface area contributed by atoms with Crippen LogP contribution in [-0.2, 0) is 6.42 Å². The molecule has 0 saturated heterocycles. The van der Waals surface area contributed by atoms with Crippen LogP contribution in [0.2, 0.25) is 0 Å². The molecule has 5 nitrogen and oxygen atoms in total. The van der Waals surface area contributed by atoms with Gasteiger partial charge in [-0.25, -0.2) is 13.8 Å². The predicted octanol–water partition coefficient (Wildman–Crippen LogP) is 2.30. The molecule has 0 aliphatic rings. The SMILES string of the molecule is Cc1nc(CC#N)c(C(F)F)cc1[N+](=O)[O-]. The summed E-state index contributed by atoms with van der Waals surface area (Å²) in [5, 5.41) is 18.9. The summed E-state index contributed by atoms with van der Waals surface area (Å²) < 4.78 is 25.1. The van der Waals surface area contributed by atoms with E-state index in [1.165, 1.54) is 6.92 Å². The molecule has 0 atom stereocenters. The van der Waals surface area contributed by atoms with Gasteiger partial charge in [-0.1, -0.05) is 0 Å². The second-order valence-electron chi connectivity index (χ2n) is 3.02. The van der Waals surface area contributed by atoms with Gasteiger partial charge < -0.3 is 0 Å². The van der Waals surface area contributed by atoms with Crippen molar-refractivity contribution in [3.05, 3.63) is 33.1 Å². The average molecular weight is 227 g/mol. The van der Waals surface area contributed by atoms with E-state index >= 15 is 0 Å². The second-order valence-corrected chi connectivity index (χ2v) is 3.02. The van der Waals surface area contributed by atoms with E-state index in [2.05, 4.69) is 4.98 Å². The highest BCUT2D eigenvalue weighted by atomic mass is 19.3. The third-order valence-electron chi connectivity index (χ3n) is 1.98. The van der Waals surface area contributed by atoms with E-state index in [9.17, 15) is 18.9 Å². The van der Waals surface area contributed by atoms with Crippen molar-refractivity contribution in [3.63, 3.8) is 0 Å². The van der Waals surface area contributed by atoms with E-state index in [1.54, 1.807) is 6.07 Å². The van der Waals surface area contributed by atoms with E-state index in [-0.39, 0.29) is 17.8 Å². The number of hydrogen-bond acceptors (Lipinski definition) is 4. The van der Waals surface area contributed by atoms with Gasteiger partial charge in [0.2, 0.25) is 0 Å². The van der Waals surface area contributed by atoms with Crippen LogP contribution in [0.3, 0.4) is 0 Å². The normalized spacial score (nSPS) is 10.2. The Morgan fingerprint density at radius 3 is 2.75 bits per heavy atom. The van der Waals surface area contributed by atoms with Crippen LogP contribution in [0.4, 0.5) is 14.5 Å². The first-order valence-corrected chi connectivity index (χ1v) is 4.27. The Kier molecular flexibility index (Phi) is 3.45. The zero-order valence-corrected chi connectivity index (χ0v) is 8.28. The van der Waals surface area contributed by atoms with Crippen molar-refractivity contribution >= 4 is 5.69 Å². The van der Waals surface area contributed by atoms with E-state index < -0.39 is 22.6 Å². The van der Waals surface area contributed by atoms with Crippen LogP contribution in [0.1, 0.15) is 23.4 Å². The minimum Gasteiger partial charge on any atom is -0.258 e. The molecular formula is C9H7F2N3O2. The molecule has 0 aromatic carbocycles. The van der Waals surface area contributed by atoms with Crippen molar-refractivity contribution in [1.29, 1.82) is 5.26 Å². The lowest BCUT2D eigenvalue weighted by Crippen LogP contribution is -2.03. The van der Waals surface area contributed by atoms with E-state index in [0.29, 0.717) is 0 Å². The Bertz CT molecular complexity index is 469. The van der Waals surface area contributed by atoms with Crippen molar-refractivity contribution in [2.45, 2.75) is 19.8 Å². The molecule has 0 saturated carbocycles.